The topological polar surface area (TPSA) is 40.1 Å². The number of hydrogen-bond acceptors (Lipinski definition) is 2. The summed E-state index contributed by atoms with van der Waals surface area (Å²) in [6.45, 7) is 3.72. The van der Waals surface area contributed by atoms with E-state index < -0.39 is 8.03 Å². The standard InChI is InChI=1S/C8H9O2P.Na/c1-6-4-3-5-8(7(6)2)11(9)10;/h3-5H,1-2H3;/q;+1. The predicted octanol–water partition coefficient (Wildman–Crippen LogP) is -1.96. The summed E-state index contributed by atoms with van der Waals surface area (Å²) in [5.74, 6) is 0. The molecule has 4 heteroatoms. The van der Waals surface area contributed by atoms with E-state index in [4.69, 9.17) is 0 Å². The van der Waals surface area contributed by atoms with Crippen molar-refractivity contribution in [1.29, 1.82) is 0 Å². The minimum atomic E-state index is -2.43. The van der Waals surface area contributed by atoms with Gasteiger partial charge in [-0.15, -0.1) is 0 Å². The third-order valence-electron chi connectivity index (χ3n) is 1.77. The van der Waals surface area contributed by atoms with E-state index >= 15 is 0 Å². The van der Waals surface area contributed by atoms with E-state index in [9.17, 15) is 9.46 Å². The van der Waals surface area contributed by atoms with Gasteiger partial charge in [-0.3, -0.25) is 0 Å². The molecule has 58 valence electrons. The van der Waals surface area contributed by atoms with Crippen LogP contribution in [0, 0.1) is 13.8 Å². The molecule has 1 aromatic carbocycles. The molecule has 0 saturated carbocycles. The molecule has 1 aromatic rings. The van der Waals surface area contributed by atoms with Gasteiger partial charge >= 0.3 is 37.6 Å². The van der Waals surface area contributed by atoms with Gasteiger partial charge in [0.25, 0.3) is 0 Å². The Labute approximate surface area is 95.2 Å². The molecule has 0 spiro atoms. The Morgan fingerprint density at radius 1 is 1.33 bits per heavy atom. The van der Waals surface area contributed by atoms with Crippen LogP contribution in [0.3, 0.4) is 0 Å². The molecule has 1 unspecified atom stereocenters. The second kappa shape index (κ2) is 5.11. The number of hydrogen-bond donors (Lipinski definition) is 0. The van der Waals surface area contributed by atoms with Crippen LogP contribution in [0.2, 0.25) is 0 Å². The zero-order valence-corrected chi connectivity index (χ0v) is 10.4. The van der Waals surface area contributed by atoms with Gasteiger partial charge in [0.1, 0.15) is 0 Å². The third-order valence-corrected chi connectivity index (χ3v) is 2.65. The Hall–Kier alpha value is 0.280. The van der Waals surface area contributed by atoms with Crippen molar-refractivity contribution < 1.29 is 39.0 Å². The molecule has 2 nitrogen and oxygen atoms in total. The number of benzene rings is 1. The molecule has 0 heterocycles. The van der Waals surface area contributed by atoms with Gasteiger partial charge < -0.3 is 4.89 Å². The average Bonchev–Trinajstić information content (AvgIpc) is 1.94. The van der Waals surface area contributed by atoms with E-state index in [0.29, 0.717) is 5.30 Å². The molecule has 0 fully saturated rings. The van der Waals surface area contributed by atoms with Crippen LogP contribution in [0.5, 0.6) is 0 Å². The maximum Gasteiger partial charge on any atom is 1.00 e. The summed E-state index contributed by atoms with van der Waals surface area (Å²) in [6, 6.07) is 5.27. The van der Waals surface area contributed by atoms with E-state index in [0.717, 1.165) is 11.1 Å². The van der Waals surface area contributed by atoms with Gasteiger partial charge in [-0.1, -0.05) is 16.7 Å². The van der Waals surface area contributed by atoms with Crippen LogP contribution in [0.15, 0.2) is 18.2 Å². The molecule has 0 aromatic heterocycles. The van der Waals surface area contributed by atoms with Crippen LogP contribution in [0.25, 0.3) is 0 Å². The first-order valence-electron chi connectivity index (χ1n) is 3.33. The van der Waals surface area contributed by atoms with Gasteiger partial charge in [0.2, 0.25) is 0 Å². The summed E-state index contributed by atoms with van der Waals surface area (Å²) < 4.78 is 10.6. The normalized spacial score (nSPS) is 10.4. The van der Waals surface area contributed by atoms with Gasteiger partial charge in [-0.25, -0.2) is 0 Å². The second-order valence-corrected chi connectivity index (χ2v) is 3.47. The van der Waals surface area contributed by atoms with E-state index in [-0.39, 0.29) is 29.6 Å². The van der Waals surface area contributed by atoms with Crippen molar-refractivity contribution in [2.45, 2.75) is 13.8 Å². The van der Waals surface area contributed by atoms with Crippen molar-refractivity contribution in [1.82, 2.24) is 0 Å². The molecular formula is C8H9NaO2P+. The molecule has 0 bridgehead atoms. The summed E-state index contributed by atoms with van der Waals surface area (Å²) in [5.41, 5.74) is 1.87. The quantitative estimate of drug-likeness (QED) is 0.382. The van der Waals surface area contributed by atoms with Gasteiger partial charge in [0.15, 0.2) is 5.30 Å². The van der Waals surface area contributed by atoms with Crippen LogP contribution in [-0.4, -0.2) is 0 Å². The van der Waals surface area contributed by atoms with Gasteiger partial charge in [0.05, 0.1) is 0 Å². The molecule has 0 aliphatic heterocycles. The van der Waals surface area contributed by atoms with Gasteiger partial charge in [-0.2, -0.15) is 0 Å². The number of aryl methyl sites for hydroxylation is 1. The van der Waals surface area contributed by atoms with Crippen LogP contribution < -0.4 is 39.8 Å². The Morgan fingerprint density at radius 2 is 1.92 bits per heavy atom. The van der Waals surface area contributed by atoms with Crippen molar-refractivity contribution in [3.05, 3.63) is 29.3 Å². The fourth-order valence-electron chi connectivity index (χ4n) is 0.933. The summed E-state index contributed by atoms with van der Waals surface area (Å²) >= 11 is 0. The van der Waals surface area contributed by atoms with Crippen molar-refractivity contribution in [2.75, 3.05) is 0 Å². The summed E-state index contributed by atoms with van der Waals surface area (Å²) in [7, 11) is -2.43. The smallest absolute Gasteiger partial charge is 0.591 e. The van der Waals surface area contributed by atoms with Gasteiger partial charge in [-0.05, 0) is 25.5 Å². The third kappa shape index (κ3) is 2.65. The predicted molar refractivity (Wildman–Crippen MR) is 43.2 cm³/mol. The zero-order valence-electron chi connectivity index (χ0n) is 7.50. The first-order chi connectivity index (χ1) is 5.13. The molecule has 12 heavy (non-hydrogen) atoms. The molecule has 1 rings (SSSR count). The van der Waals surface area contributed by atoms with E-state index in [1.54, 1.807) is 12.1 Å². The number of rotatable bonds is 1. The monoisotopic (exact) mass is 191 g/mol. The van der Waals surface area contributed by atoms with Gasteiger partial charge in [0, 0.05) is 5.56 Å². The largest absolute Gasteiger partial charge is 1.00 e. The van der Waals surface area contributed by atoms with E-state index in [2.05, 4.69) is 0 Å². The summed E-state index contributed by atoms with van der Waals surface area (Å²) in [4.78, 5) is 10.6. The van der Waals surface area contributed by atoms with E-state index in [1.165, 1.54) is 0 Å². The molecule has 0 N–H and O–H groups in total. The zero-order chi connectivity index (χ0) is 8.43. The first-order valence-corrected chi connectivity index (χ1v) is 4.51. The van der Waals surface area contributed by atoms with Crippen molar-refractivity contribution in [3.8, 4) is 0 Å². The molecule has 0 aliphatic rings. The van der Waals surface area contributed by atoms with Crippen LogP contribution in [0.4, 0.5) is 0 Å². The maximum atomic E-state index is 10.6. The second-order valence-electron chi connectivity index (χ2n) is 2.48. The SMILES string of the molecule is Cc1cccc([P+](=O)[O-])c1C.[Na+]. The Morgan fingerprint density at radius 3 is 2.33 bits per heavy atom. The molecule has 0 aliphatic carbocycles. The Bertz CT molecular complexity index is 299. The minimum absolute atomic E-state index is 0. The minimum Gasteiger partial charge on any atom is -0.591 e. The Kier molecular flexibility index (Phi) is 5.22. The van der Waals surface area contributed by atoms with Crippen molar-refractivity contribution in [2.24, 2.45) is 0 Å². The van der Waals surface area contributed by atoms with Crippen LogP contribution >= 0.6 is 8.03 Å². The van der Waals surface area contributed by atoms with Crippen LogP contribution in [0.1, 0.15) is 11.1 Å². The van der Waals surface area contributed by atoms with Crippen LogP contribution in [-0.2, 0) is 4.57 Å². The fourth-order valence-corrected chi connectivity index (χ4v) is 1.59. The summed E-state index contributed by atoms with van der Waals surface area (Å²) in [6.07, 6.45) is 0. The molecular weight excluding hydrogens is 182 g/mol. The van der Waals surface area contributed by atoms with Crippen molar-refractivity contribution >= 4 is 13.3 Å². The van der Waals surface area contributed by atoms with Crippen molar-refractivity contribution in [3.63, 3.8) is 0 Å². The molecule has 1 atom stereocenters. The maximum absolute atomic E-state index is 10.6. The average molecular weight is 191 g/mol. The van der Waals surface area contributed by atoms with E-state index in [1.807, 2.05) is 19.9 Å². The first kappa shape index (κ1) is 12.3. The molecule has 0 amide bonds. The molecule has 0 radical (unpaired) electrons. The molecule has 0 saturated heterocycles. The summed E-state index contributed by atoms with van der Waals surface area (Å²) in [5, 5.41) is 0.431. The fraction of sp³-hybridized carbons (Fsp3) is 0.250. The Balaban J connectivity index is 0.00000121.